The topological polar surface area (TPSA) is 55.4 Å². The summed E-state index contributed by atoms with van der Waals surface area (Å²) < 4.78 is 4.80. The number of methoxy groups -OCH3 is 1. The Morgan fingerprint density at radius 1 is 1.55 bits per heavy atom. The monoisotopic (exact) mass is 159 g/mol. The van der Waals surface area contributed by atoms with Crippen LogP contribution < -0.4 is 5.32 Å². The minimum Gasteiger partial charge on any atom is -0.374 e. The highest BCUT2D eigenvalue weighted by Crippen LogP contribution is 1.96. The Balaban J connectivity index is 3.20. The van der Waals surface area contributed by atoms with Gasteiger partial charge in [0.2, 0.25) is 6.41 Å². The number of amides is 1. The van der Waals surface area contributed by atoms with Gasteiger partial charge in [-0.2, -0.15) is 0 Å². The van der Waals surface area contributed by atoms with Crippen molar-refractivity contribution in [2.45, 2.75) is 18.9 Å². The lowest BCUT2D eigenvalue weighted by Gasteiger charge is -2.06. The number of carbonyl (C=O) groups is 2. The number of hydrogen-bond acceptors (Lipinski definition) is 3. The van der Waals surface area contributed by atoms with Gasteiger partial charge in [0.15, 0.2) is 0 Å². The smallest absolute Gasteiger partial charge is 0.207 e. The second-order valence-electron chi connectivity index (χ2n) is 2.12. The van der Waals surface area contributed by atoms with Crippen LogP contribution in [0, 0.1) is 0 Å². The van der Waals surface area contributed by atoms with E-state index < -0.39 is 0 Å². The van der Waals surface area contributed by atoms with E-state index in [-0.39, 0.29) is 6.10 Å². The molecule has 0 saturated carbocycles. The zero-order chi connectivity index (χ0) is 8.53. The van der Waals surface area contributed by atoms with Gasteiger partial charge < -0.3 is 14.8 Å². The van der Waals surface area contributed by atoms with Crippen LogP contribution in [0.25, 0.3) is 0 Å². The van der Waals surface area contributed by atoms with Crippen LogP contribution in [0.2, 0.25) is 0 Å². The van der Waals surface area contributed by atoms with Gasteiger partial charge in [0.05, 0.1) is 0 Å². The molecule has 0 aromatic rings. The Morgan fingerprint density at radius 3 is 2.73 bits per heavy atom. The van der Waals surface area contributed by atoms with E-state index in [0.29, 0.717) is 19.4 Å². The highest BCUT2D eigenvalue weighted by Gasteiger charge is 2.02. The van der Waals surface area contributed by atoms with E-state index in [2.05, 4.69) is 5.32 Å². The molecular formula is C7H13NO3. The van der Waals surface area contributed by atoms with Crippen molar-refractivity contribution in [1.82, 2.24) is 5.32 Å². The molecule has 0 aliphatic rings. The lowest BCUT2D eigenvalue weighted by atomic mass is 10.2. The number of carbonyl (C=O) groups excluding carboxylic acids is 2. The summed E-state index contributed by atoms with van der Waals surface area (Å²) in [5, 5.41) is 2.50. The molecule has 0 fully saturated rings. The van der Waals surface area contributed by atoms with Gasteiger partial charge in [0, 0.05) is 13.7 Å². The van der Waals surface area contributed by atoms with E-state index in [1.54, 1.807) is 0 Å². The summed E-state index contributed by atoms with van der Waals surface area (Å²) in [6.07, 6.45) is 2.49. The first-order valence-corrected chi connectivity index (χ1v) is 3.50. The first-order valence-electron chi connectivity index (χ1n) is 3.50. The molecule has 0 heterocycles. The molecule has 0 radical (unpaired) electrons. The predicted molar refractivity (Wildman–Crippen MR) is 40.2 cm³/mol. The molecule has 0 spiro atoms. The molecule has 0 rings (SSSR count). The molecule has 0 aromatic heterocycles. The van der Waals surface area contributed by atoms with Gasteiger partial charge in [-0.25, -0.2) is 0 Å². The van der Waals surface area contributed by atoms with E-state index >= 15 is 0 Å². The molecule has 11 heavy (non-hydrogen) atoms. The lowest BCUT2D eigenvalue weighted by molar-refractivity contribution is -0.116. The molecule has 64 valence electrons. The average Bonchev–Trinajstić information content (AvgIpc) is 2.05. The summed E-state index contributed by atoms with van der Waals surface area (Å²) >= 11 is 0. The molecule has 0 aliphatic heterocycles. The summed E-state index contributed by atoms with van der Waals surface area (Å²) in [4.78, 5) is 20.0. The first kappa shape index (κ1) is 10.1. The van der Waals surface area contributed by atoms with Crippen molar-refractivity contribution < 1.29 is 14.3 Å². The van der Waals surface area contributed by atoms with Crippen molar-refractivity contribution in [3.05, 3.63) is 0 Å². The van der Waals surface area contributed by atoms with Gasteiger partial charge in [-0.05, 0) is 12.8 Å². The third-order valence-corrected chi connectivity index (χ3v) is 1.35. The van der Waals surface area contributed by atoms with Crippen LogP contribution in [-0.2, 0) is 14.3 Å². The molecule has 1 unspecified atom stereocenters. The lowest BCUT2D eigenvalue weighted by Crippen LogP contribution is -2.17. The fourth-order valence-electron chi connectivity index (χ4n) is 0.706. The summed E-state index contributed by atoms with van der Waals surface area (Å²) in [6.45, 7) is 0.594. The molecule has 0 aromatic carbocycles. The Hall–Kier alpha value is -0.900. The number of aldehydes is 1. The zero-order valence-corrected chi connectivity index (χ0v) is 6.58. The standard InChI is InChI=1S/C7H13NO3/c1-11-7(5-9)3-2-4-8-6-10/h5-7H,2-4H2,1H3,(H,8,10). The Bertz CT molecular complexity index is 116. The second-order valence-corrected chi connectivity index (χ2v) is 2.12. The highest BCUT2D eigenvalue weighted by atomic mass is 16.5. The van der Waals surface area contributed by atoms with Crippen molar-refractivity contribution in [3.63, 3.8) is 0 Å². The average molecular weight is 159 g/mol. The van der Waals surface area contributed by atoms with Crippen LogP contribution in [0.4, 0.5) is 0 Å². The fraction of sp³-hybridized carbons (Fsp3) is 0.714. The van der Waals surface area contributed by atoms with Gasteiger partial charge in [0.1, 0.15) is 12.4 Å². The van der Waals surface area contributed by atoms with Crippen LogP contribution in [0.15, 0.2) is 0 Å². The van der Waals surface area contributed by atoms with Gasteiger partial charge in [0.25, 0.3) is 0 Å². The number of hydrogen-bond donors (Lipinski definition) is 1. The maximum Gasteiger partial charge on any atom is 0.207 e. The summed E-state index contributed by atoms with van der Waals surface area (Å²) in [7, 11) is 1.49. The van der Waals surface area contributed by atoms with Crippen LogP contribution in [0.5, 0.6) is 0 Å². The predicted octanol–water partition coefficient (Wildman–Crippen LogP) is -0.274. The maximum absolute atomic E-state index is 10.2. The third kappa shape index (κ3) is 5.54. The molecule has 0 aliphatic carbocycles. The van der Waals surface area contributed by atoms with Crippen LogP contribution in [0.1, 0.15) is 12.8 Å². The SMILES string of the molecule is COC(C=O)CCCNC=O. The van der Waals surface area contributed by atoms with Gasteiger partial charge in [-0.1, -0.05) is 0 Å². The van der Waals surface area contributed by atoms with E-state index in [9.17, 15) is 9.59 Å². The number of rotatable bonds is 7. The quantitative estimate of drug-likeness (QED) is 0.411. The molecule has 4 heteroatoms. The zero-order valence-electron chi connectivity index (χ0n) is 6.58. The van der Waals surface area contributed by atoms with Crippen LogP contribution in [0.3, 0.4) is 0 Å². The van der Waals surface area contributed by atoms with Crippen molar-refractivity contribution in [3.8, 4) is 0 Å². The Morgan fingerprint density at radius 2 is 2.27 bits per heavy atom. The van der Waals surface area contributed by atoms with E-state index in [0.717, 1.165) is 12.7 Å². The van der Waals surface area contributed by atoms with Crippen LogP contribution >= 0.6 is 0 Å². The van der Waals surface area contributed by atoms with Crippen molar-refractivity contribution >= 4 is 12.7 Å². The molecule has 0 bridgehead atoms. The van der Waals surface area contributed by atoms with Crippen molar-refractivity contribution in [2.24, 2.45) is 0 Å². The minimum atomic E-state index is -0.330. The van der Waals surface area contributed by atoms with E-state index in [1.165, 1.54) is 7.11 Å². The summed E-state index contributed by atoms with van der Waals surface area (Å²) in [6, 6.07) is 0. The van der Waals surface area contributed by atoms with Gasteiger partial charge >= 0.3 is 0 Å². The molecule has 1 amide bonds. The summed E-state index contributed by atoms with van der Waals surface area (Å²) in [5.41, 5.74) is 0. The highest BCUT2D eigenvalue weighted by molar-refractivity contribution is 5.55. The number of nitrogens with one attached hydrogen (secondary N) is 1. The molecule has 1 atom stereocenters. The Labute approximate surface area is 65.9 Å². The summed E-state index contributed by atoms with van der Waals surface area (Å²) in [5.74, 6) is 0. The van der Waals surface area contributed by atoms with E-state index in [4.69, 9.17) is 4.74 Å². The van der Waals surface area contributed by atoms with Gasteiger partial charge in [-0.3, -0.25) is 4.79 Å². The van der Waals surface area contributed by atoms with Crippen LogP contribution in [-0.4, -0.2) is 32.5 Å². The molecule has 1 N–H and O–H groups in total. The molecular weight excluding hydrogens is 146 g/mol. The van der Waals surface area contributed by atoms with Gasteiger partial charge in [-0.15, -0.1) is 0 Å². The molecule has 0 saturated heterocycles. The third-order valence-electron chi connectivity index (χ3n) is 1.35. The van der Waals surface area contributed by atoms with E-state index in [1.807, 2.05) is 0 Å². The largest absolute Gasteiger partial charge is 0.374 e. The molecule has 4 nitrogen and oxygen atoms in total. The van der Waals surface area contributed by atoms with Crippen molar-refractivity contribution in [1.29, 1.82) is 0 Å². The normalized spacial score (nSPS) is 12.1. The second kappa shape index (κ2) is 7.21. The maximum atomic E-state index is 10.2. The minimum absolute atomic E-state index is 0.330. The fourth-order valence-corrected chi connectivity index (χ4v) is 0.706. The first-order chi connectivity index (χ1) is 5.35. The number of ether oxygens (including phenoxy) is 1. The Kier molecular flexibility index (Phi) is 6.62. The van der Waals surface area contributed by atoms with Crippen molar-refractivity contribution in [2.75, 3.05) is 13.7 Å².